The number of esters is 1. The molecular formula is C15H12N2O3S3. The van der Waals surface area contributed by atoms with E-state index >= 15 is 0 Å². The summed E-state index contributed by atoms with van der Waals surface area (Å²) >= 11 is 4.30. The number of ether oxygens (including phenoxy) is 1. The summed E-state index contributed by atoms with van der Waals surface area (Å²) in [6.07, 6.45) is 1.40. The van der Waals surface area contributed by atoms with Gasteiger partial charge in [-0.3, -0.25) is 4.79 Å². The lowest BCUT2D eigenvalue weighted by molar-refractivity contribution is -0.645. The Labute approximate surface area is 145 Å². The molecule has 0 N–H and O–H groups in total. The monoisotopic (exact) mass is 364 g/mol. The molecule has 118 valence electrons. The number of rotatable bonds is 6. The number of carbonyl (C=O) groups excluding carboxylic acids is 1. The maximum absolute atomic E-state index is 11.8. The van der Waals surface area contributed by atoms with Crippen LogP contribution in [0.15, 0.2) is 51.6 Å². The first-order chi connectivity index (χ1) is 11.2. The highest BCUT2D eigenvalue weighted by Crippen LogP contribution is 2.26. The Morgan fingerprint density at radius 1 is 1.35 bits per heavy atom. The third-order valence-corrected chi connectivity index (χ3v) is 5.44. The van der Waals surface area contributed by atoms with Crippen LogP contribution in [0.4, 0.5) is 0 Å². The molecule has 0 unspecified atom stereocenters. The van der Waals surface area contributed by atoms with Crippen LogP contribution < -0.4 is 4.73 Å². The van der Waals surface area contributed by atoms with Crippen molar-refractivity contribution in [3.8, 4) is 10.6 Å². The smallest absolute Gasteiger partial charge is 0.316 e. The highest BCUT2D eigenvalue weighted by atomic mass is 32.2. The van der Waals surface area contributed by atoms with Gasteiger partial charge in [0.15, 0.2) is 6.20 Å². The Balaban J connectivity index is 1.49. The number of aromatic nitrogens is 2. The first-order valence-corrected chi connectivity index (χ1v) is 9.47. The van der Waals surface area contributed by atoms with Crippen molar-refractivity contribution in [2.45, 2.75) is 11.6 Å². The number of thioether (sulfide) groups is 1. The normalized spacial score (nSPS) is 10.6. The van der Waals surface area contributed by atoms with Crippen LogP contribution in [0.25, 0.3) is 10.6 Å². The number of hydrogen-bond acceptors (Lipinski definition) is 7. The van der Waals surface area contributed by atoms with Crippen molar-refractivity contribution in [3.63, 3.8) is 0 Å². The number of pyridine rings is 1. The number of thiophene rings is 1. The number of thiazole rings is 1. The van der Waals surface area contributed by atoms with Crippen LogP contribution in [0.2, 0.25) is 0 Å². The second-order valence-corrected chi connectivity index (χ2v) is 7.10. The zero-order chi connectivity index (χ0) is 16.1. The largest absolute Gasteiger partial charge is 0.618 e. The summed E-state index contributed by atoms with van der Waals surface area (Å²) < 4.78 is 5.92. The Bertz CT molecular complexity index is 787. The Kier molecular flexibility index (Phi) is 5.27. The van der Waals surface area contributed by atoms with Crippen molar-refractivity contribution in [1.29, 1.82) is 0 Å². The highest BCUT2D eigenvalue weighted by molar-refractivity contribution is 7.99. The lowest BCUT2D eigenvalue weighted by atomic mass is 10.4. The van der Waals surface area contributed by atoms with Gasteiger partial charge in [0.25, 0.3) is 5.03 Å². The van der Waals surface area contributed by atoms with E-state index in [-0.39, 0.29) is 18.3 Å². The van der Waals surface area contributed by atoms with Crippen LogP contribution in [-0.4, -0.2) is 16.7 Å². The van der Waals surface area contributed by atoms with Crippen LogP contribution in [-0.2, 0) is 16.1 Å². The van der Waals surface area contributed by atoms with Gasteiger partial charge in [-0.15, -0.1) is 11.3 Å². The number of carbonyl (C=O) groups is 1. The topological polar surface area (TPSA) is 66.1 Å². The van der Waals surface area contributed by atoms with Crippen LogP contribution in [0.1, 0.15) is 5.69 Å². The molecule has 0 bridgehead atoms. The molecule has 0 aliphatic carbocycles. The molecule has 3 heterocycles. The average Bonchev–Trinajstić information content (AvgIpc) is 3.23. The van der Waals surface area contributed by atoms with E-state index in [4.69, 9.17) is 4.74 Å². The zero-order valence-electron chi connectivity index (χ0n) is 11.9. The predicted molar refractivity (Wildman–Crippen MR) is 91.3 cm³/mol. The number of hydrogen-bond donors (Lipinski definition) is 0. The summed E-state index contributed by atoms with van der Waals surface area (Å²) in [4.78, 5) is 16.2. The zero-order valence-corrected chi connectivity index (χ0v) is 14.3. The van der Waals surface area contributed by atoms with Gasteiger partial charge < -0.3 is 9.94 Å². The van der Waals surface area contributed by atoms with Gasteiger partial charge >= 0.3 is 5.97 Å². The number of nitrogens with zero attached hydrogens (tertiary/aromatic N) is 2. The van der Waals surface area contributed by atoms with Gasteiger partial charge in [-0.25, -0.2) is 4.98 Å². The van der Waals surface area contributed by atoms with Crippen LogP contribution in [0.5, 0.6) is 0 Å². The average molecular weight is 364 g/mol. The molecular weight excluding hydrogens is 352 g/mol. The van der Waals surface area contributed by atoms with Crippen molar-refractivity contribution in [1.82, 2.24) is 4.98 Å². The molecule has 0 amide bonds. The predicted octanol–water partition coefficient (Wildman–Crippen LogP) is 3.34. The van der Waals surface area contributed by atoms with E-state index in [0.717, 1.165) is 32.8 Å². The van der Waals surface area contributed by atoms with Crippen molar-refractivity contribution in [3.05, 3.63) is 57.5 Å². The molecule has 3 aromatic heterocycles. The van der Waals surface area contributed by atoms with Crippen molar-refractivity contribution >= 4 is 40.4 Å². The van der Waals surface area contributed by atoms with Gasteiger partial charge in [-0.1, -0.05) is 0 Å². The molecule has 0 aromatic carbocycles. The molecule has 0 aliphatic heterocycles. The first-order valence-electron chi connectivity index (χ1n) is 6.66. The lowest BCUT2D eigenvalue weighted by Gasteiger charge is -2.03. The third kappa shape index (κ3) is 4.31. The second-order valence-electron chi connectivity index (χ2n) is 4.47. The van der Waals surface area contributed by atoms with E-state index in [2.05, 4.69) is 4.98 Å². The van der Waals surface area contributed by atoms with Crippen molar-refractivity contribution in [2.75, 3.05) is 5.75 Å². The van der Waals surface area contributed by atoms with E-state index in [0.29, 0.717) is 5.03 Å². The summed E-state index contributed by atoms with van der Waals surface area (Å²) in [6, 6.07) is 7.07. The maximum Gasteiger partial charge on any atom is 0.316 e. The molecule has 0 atom stereocenters. The van der Waals surface area contributed by atoms with Gasteiger partial charge in [0.05, 0.1) is 5.69 Å². The molecule has 8 heteroatoms. The highest BCUT2D eigenvalue weighted by Gasteiger charge is 2.11. The molecule has 0 spiro atoms. The molecule has 3 rings (SSSR count). The SMILES string of the molecule is O=C(CSc1cccc[n+]1[O-])OCc1csc(-c2ccsc2)n1. The van der Waals surface area contributed by atoms with Gasteiger partial charge in [-0.05, 0) is 29.3 Å². The molecule has 23 heavy (non-hydrogen) atoms. The molecule has 0 saturated carbocycles. The molecule has 5 nitrogen and oxygen atoms in total. The molecule has 0 aliphatic rings. The Morgan fingerprint density at radius 2 is 2.26 bits per heavy atom. The Hall–Kier alpha value is -1.90. The molecule has 0 fully saturated rings. The first kappa shape index (κ1) is 16.0. The van der Waals surface area contributed by atoms with E-state index < -0.39 is 0 Å². The summed E-state index contributed by atoms with van der Waals surface area (Å²) in [5, 5.41) is 18.8. The Morgan fingerprint density at radius 3 is 3.04 bits per heavy atom. The van der Waals surface area contributed by atoms with Crippen LogP contribution in [0, 0.1) is 5.21 Å². The lowest BCUT2D eigenvalue weighted by Crippen LogP contribution is -2.28. The fourth-order valence-electron chi connectivity index (χ4n) is 1.75. The van der Waals surface area contributed by atoms with Crippen LogP contribution in [0.3, 0.4) is 0 Å². The standard InChI is InChI=1S/C15H12N2O3S3/c18-14(10-22-13-3-1-2-5-17(13)19)20-7-12-9-23-15(16-12)11-4-6-21-8-11/h1-6,8-9H,7,10H2. The van der Waals surface area contributed by atoms with Crippen molar-refractivity contribution < 1.29 is 14.3 Å². The molecule has 0 saturated heterocycles. The molecule has 0 radical (unpaired) electrons. The van der Waals surface area contributed by atoms with E-state index in [1.807, 2.05) is 22.2 Å². The fourth-order valence-corrected chi connectivity index (χ4v) is 3.97. The second kappa shape index (κ2) is 7.58. The fraction of sp³-hybridized carbons (Fsp3) is 0.133. The minimum atomic E-state index is -0.371. The minimum absolute atomic E-state index is 0.0910. The van der Waals surface area contributed by atoms with Gasteiger partial charge in [0.2, 0.25) is 0 Å². The maximum atomic E-state index is 11.8. The van der Waals surface area contributed by atoms with Gasteiger partial charge in [-0.2, -0.15) is 16.1 Å². The summed E-state index contributed by atoms with van der Waals surface area (Å²) in [5.74, 6) is -0.280. The summed E-state index contributed by atoms with van der Waals surface area (Å²) in [7, 11) is 0. The minimum Gasteiger partial charge on any atom is -0.618 e. The van der Waals surface area contributed by atoms with Gasteiger partial charge in [0.1, 0.15) is 17.4 Å². The van der Waals surface area contributed by atoms with Crippen molar-refractivity contribution in [2.24, 2.45) is 0 Å². The summed E-state index contributed by atoms with van der Waals surface area (Å²) in [5.41, 5.74) is 1.81. The summed E-state index contributed by atoms with van der Waals surface area (Å²) in [6.45, 7) is 0.145. The van der Waals surface area contributed by atoms with E-state index in [1.54, 1.807) is 29.5 Å². The van der Waals surface area contributed by atoms with E-state index in [1.165, 1.54) is 17.5 Å². The van der Waals surface area contributed by atoms with Crippen LogP contribution >= 0.6 is 34.4 Å². The third-order valence-electron chi connectivity index (χ3n) is 2.83. The quantitative estimate of drug-likeness (QED) is 0.290. The van der Waals surface area contributed by atoms with Gasteiger partial charge in [0, 0.05) is 28.5 Å². The molecule has 3 aromatic rings. The van der Waals surface area contributed by atoms with E-state index in [9.17, 15) is 10.0 Å².